The molecule has 5 heteroatoms. The number of hydrogen-bond donors (Lipinski definition) is 2. The van der Waals surface area contributed by atoms with Crippen LogP contribution in [0.1, 0.15) is 75.3 Å². The Kier molecular flexibility index (Phi) is 6.13. The molecule has 31 heavy (non-hydrogen) atoms. The fourth-order valence-electron chi connectivity index (χ4n) is 5.70. The molecule has 0 aromatic carbocycles. The van der Waals surface area contributed by atoms with Crippen LogP contribution in [0.4, 0.5) is 5.82 Å². The lowest BCUT2D eigenvalue weighted by molar-refractivity contribution is 0.442. The third kappa shape index (κ3) is 4.43. The number of anilines is 1. The Morgan fingerprint density at radius 1 is 1.23 bits per heavy atom. The number of aromatic nitrogens is 1. The van der Waals surface area contributed by atoms with Crippen molar-refractivity contribution in [2.45, 2.75) is 70.3 Å². The number of nitrogens with two attached hydrogens (primary N) is 1. The van der Waals surface area contributed by atoms with Crippen LogP contribution >= 0.6 is 0 Å². The molecule has 4 aliphatic rings. The van der Waals surface area contributed by atoms with Crippen LogP contribution in [0.3, 0.4) is 0 Å². The summed E-state index contributed by atoms with van der Waals surface area (Å²) in [6, 6.07) is 2.76. The van der Waals surface area contributed by atoms with Gasteiger partial charge in [-0.1, -0.05) is 38.3 Å². The van der Waals surface area contributed by atoms with Crippen molar-refractivity contribution in [2.24, 2.45) is 16.6 Å². The molecule has 0 spiro atoms. The lowest BCUT2D eigenvalue weighted by Crippen LogP contribution is -2.35. The van der Waals surface area contributed by atoms with Crippen molar-refractivity contribution >= 4 is 17.6 Å². The Balaban J connectivity index is 1.43. The maximum atomic E-state index is 6.90. The number of aliphatic imine (C=N–C) groups is 1. The van der Waals surface area contributed by atoms with E-state index in [0.717, 1.165) is 56.5 Å². The highest BCUT2D eigenvalue weighted by Gasteiger charge is 2.27. The van der Waals surface area contributed by atoms with Gasteiger partial charge >= 0.3 is 0 Å². The molecule has 2 atom stereocenters. The summed E-state index contributed by atoms with van der Waals surface area (Å²) < 4.78 is 0. The van der Waals surface area contributed by atoms with Crippen LogP contribution in [0.15, 0.2) is 34.6 Å². The SMILES string of the molecule is CC1CCN(c2cc3c(cn2)C(C(N)=C2CNCCC2=NC2CCCCC2)CC=C3)C1. The minimum Gasteiger partial charge on any atom is -0.401 e. The van der Waals surface area contributed by atoms with Gasteiger partial charge in [0.1, 0.15) is 5.82 Å². The summed E-state index contributed by atoms with van der Waals surface area (Å²) in [4.78, 5) is 12.5. The van der Waals surface area contributed by atoms with Gasteiger partial charge in [0.2, 0.25) is 0 Å². The molecule has 166 valence electrons. The molecule has 0 radical (unpaired) electrons. The number of piperidine rings is 1. The molecule has 2 unspecified atom stereocenters. The number of fused-ring (bicyclic) bond motifs is 1. The number of rotatable bonds is 3. The van der Waals surface area contributed by atoms with Gasteiger partial charge in [0, 0.05) is 61.7 Å². The van der Waals surface area contributed by atoms with Gasteiger partial charge in [-0.25, -0.2) is 4.98 Å². The van der Waals surface area contributed by atoms with Crippen LogP contribution in [0.25, 0.3) is 6.08 Å². The molecular formula is C26H37N5. The van der Waals surface area contributed by atoms with Crippen molar-refractivity contribution in [3.8, 4) is 0 Å². The Bertz CT molecular complexity index is 893. The standard InChI is InChI=1S/C26H37N5/c1-18-11-13-31(17-18)25-14-19-6-5-9-21(22(19)16-29-25)26(27)23-15-28-12-10-24(23)30-20-7-3-2-4-8-20/h5-6,14,16,18,20-21,28H,2-4,7-13,15,17,27H2,1H3. The molecule has 2 saturated heterocycles. The van der Waals surface area contributed by atoms with Crippen LogP contribution in [-0.4, -0.2) is 42.9 Å². The zero-order valence-corrected chi connectivity index (χ0v) is 18.9. The number of nitrogens with one attached hydrogen (secondary N) is 1. The third-order valence-corrected chi connectivity index (χ3v) is 7.57. The van der Waals surface area contributed by atoms with Crippen molar-refractivity contribution in [3.05, 3.63) is 40.7 Å². The molecule has 2 aliphatic heterocycles. The maximum absolute atomic E-state index is 6.90. The monoisotopic (exact) mass is 419 g/mol. The molecule has 0 bridgehead atoms. The van der Waals surface area contributed by atoms with E-state index in [2.05, 4.69) is 41.6 Å². The van der Waals surface area contributed by atoms with Gasteiger partial charge in [0.05, 0.1) is 6.04 Å². The van der Waals surface area contributed by atoms with Crippen molar-refractivity contribution in [1.29, 1.82) is 0 Å². The van der Waals surface area contributed by atoms with Gasteiger partial charge in [0.15, 0.2) is 0 Å². The zero-order chi connectivity index (χ0) is 21.2. The predicted molar refractivity (Wildman–Crippen MR) is 130 cm³/mol. The molecular weight excluding hydrogens is 382 g/mol. The van der Waals surface area contributed by atoms with E-state index in [1.54, 1.807) is 0 Å². The number of allylic oxidation sites excluding steroid dienone is 2. The van der Waals surface area contributed by atoms with E-state index in [1.807, 2.05) is 0 Å². The van der Waals surface area contributed by atoms with Crippen molar-refractivity contribution in [3.63, 3.8) is 0 Å². The van der Waals surface area contributed by atoms with Crippen molar-refractivity contribution < 1.29 is 0 Å². The smallest absolute Gasteiger partial charge is 0.129 e. The van der Waals surface area contributed by atoms with Crippen LogP contribution < -0.4 is 16.0 Å². The molecule has 5 rings (SSSR count). The first-order chi connectivity index (χ1) is 15.2. The minimum atomic E-state index is 0.200. The first-order valence-electron chi connectivity index (χ1n) is 12.4. The second-order valence-electron chi connectivity index (χ2n) is 9.93. The predicted octanol–water partition coefficient (Wildman–Crippen LogP) is 4.41. The van der Waals surface area contributed by atoms with Crippen LogP contribution in [0.2, 0.25) is 0 Å². The summed E-state index contributed by atoms with van der Waals surface area (Å²) >= 11 is 0. The van der Waals surface area contributed by atoms with E-state index in [4.69, 9.17) is 15.7 Å². The summed E-state index contributed by atoms with van der Waals surface area (Å²) in [6.45, 7) is 6.38. The van der Waals surface area contributed by atoms with Gasteiger partial charge < -0.3 is 16.0 Å². The van der Waals surface area contributed by atoms with E-state index in [1.165, 1.54) is 60.9 Å². The molecule has 5 nitrogen and oxygen atoms in total. The highest BCUT2D eigenvalue weighted by Crippen LogP contribution is 2.37. The first kappa shape index (κ1) is 20.7. The van der Waals surface area contributed by atoms with E-state index in [0.29, 0.717) is 6.04 Å². The number of hydrogen-bond acceptors (Lipinski definition) is 5. The zero-order valence-electron chi connectivity index (χ0n) is 18.9. The Hall–Kier alpha value is -2.14. The fraction of sp³-hybridized carbons (Fsp3) is 0.615. The minimum absolute atomic E-state index is 0.200. The fourth-order valence-corrected chi connectivity index (χ4v) is 5.70. The maximum Gasteiger partial charge on any atom is 0.129 e. The first-order valence-corrected chi connectivity index (χ1v) is 12.4. The lowest BCUT2D eigenvalue weighted by Gasteiger charge is -2.29. The third-order valence-electron chi connectivity index (χ3n) is 7.57. The second kappa shape index (κ2) is 9.15. The van der Waals surface area contributed by atoms with Crippen LogP contribution in [0, 0.1) is 5.92 Å². The molecule has 3 fully saturated rings. The average Bonchev–Trinajstić information content (AvgIpc) is 3.25. The summed E-state index contributed by atoms with van der Waals surface area (Å²) in [6.07, 6.45) is 16.3. The summed E-state index contributed by atoms with van der Waals surface area (Å²) in [5.74, 6) is 2.06. The van der Waals surface area contributed by atoms with Crippen molar-refractivity contribution in [1.82, 2.24) is 10.3 Å². The molecule has 3 N–H and O–H groups in total. The van der Waals surface area contributed by atoms with Crippen LogP contribution in [-0.2, 0) is 0 Å². The van der Waals surface area contributed by atoms with Gasteiger partial charge in [-0.2, -0.15) is 0 Å². The second-order valence-corrected chi connectivity index (χ2v) is 9.93. The molecule has 1 aromatic heterocycles. The van der Waals surface area contributed by atoms with Crippen LogP contribution in [0.5, 0.6) is 0 Å². The quantitative estimate of drug-likeness (QED) is 0.762. The van der Waals surface area contributed by atoms with Gasteiger partial charge in [-0.15, -0.1) is 0 Å². The normalized spacial score (nSPS) is 30.0. The lowest BCUT2D eigenvalue weighted by atomic mass is 9.83. The number of nitrogens with zero attached hydrogens (tertiary/aromatic N) is 3. The number of pyridine rings is 1. The molecule has 3 heterocycles. The topological polar surface area (TPSA) is 66.5 Å². The van der Waals surface area contributed by atoms with Crippen molar-refractivity contribution in [2.75, 3.05) is 31.1 Å². The van der Waals surface area contributed by atoms with Gasteiger partial charge in [-0.05, 0) is 48.8 Å². The molecule has 1 aromatic rings. The van der Waals surface area contributed by atoms with Gasteiger partial charge in [-0.3, -0.25) is 4.99 Å². The van der Waals surface area contributed by atoms with E-state index in [9.17, 15) is 0 Å². The Labute approximate surface area is 186 Å². The highest BCUT2D eigenvalue weighted by molar-refractivity contribution is 6.02. The Morgan fingerprint density at radius 2 is 2.10 bits per heavy atom. The Morgan fingerprint density at radius 3 is 2.90 bits per heavy atom. The molecule has 0 amide bonds. The van der Waals surface area contributed by atoms with E-state index >= 15 is 0 Å². The highest BCUT2D eigenvalue weighted by atomic mass is 15.2. The largest absolute Gasteiger partial charge is 0.401 e. The average molecular weight is 420 g/mol. The van der Waals surface area contributed by atoms with Gasteiger partial charge in [0.25, 0.3) is 0 Å². The summed E-state index contributed by atoms with van der Waals surface area (Å²) in [5.41, 5.74) is 13.0. The molecule has 1 saturated carbocycles. The van der Waals surface area contributed by atoms with E-state index in [-0.39, 0.29) is 5.92 Å². The summed E-state index contributed by atoms with van der Waals surface area (Å²) in [7, 11) is 0. The summed E-state index contributed by atoms with van der Waals surface area (Å²) in [5, 5.41) is 3.54. The van der Waals surface area contributed by atoms with E-state index < -0.39 is 0 Å². The molecule has 2 aliphatic carbocycles.